The van der Waals surface area contributed by atoms with Crippen molar-refractivity contribution in [3.63, 3.8) is 0 Å². The van der Waals surface area contributed by atoms with Gasteiger partial charge in [0.2, 0.25) is 29.4 Å². The number of rotatable bonds is 7. The summed E-state index contributed by atoms with van der Waals surface area (Å²) in [5, 5.41) is 11.4. The average molecular weight is 764 g/mol. The van der Waals surface area contributed by atoms with Crippen LogP contribution in [0.15, 0.2) is 103 Å². The van der Waals surface area contributed by atoms with Crippen molar-refractivity contribution in [3.8, 4) is 17.2 Å². The minimum absolute atomic E-state index is 0.158. The van der Waals surface area contributed by atoms with Crippen molar-refractivity contribution in [2.75, 3.05) is 24.0 Å². The van der Waals surface area contributed by atoms with Crippen LogP contribution in [0.1, 0.15) is 29.5 Å². The first-order valence-electron chi connectivity index (χ1n) is 17.7. The Balaban J connectivity index is 1.32. The van der Waals surface area contributed by atoms with Gasteiger partial charge in [-0.2, -0.15) is 0 Å². The highest BCUT2D eigenvalue weighted by Gasteiger charge is 2.69. The number of hydrogen-bond acceptors (Lipinski definition) is 7. The van der Waals surface area contributed by atoms with E-state index in [1.165, 1.54) is 24.0 Å². The lowest BCUT2D eigenvalue weighted by Crippen LogP contribution is -2.54. The highest BCUT2D eigenvalue weighted by Crippen LogP contribution is 2.62. The molecule has 2 heterocycles. The summed E-state index contributed by atoms with van der Waals surface area (Å²) >= 11 is 12.9. The van der Waals surface area contributed by atoms with Crippen molar-refractivity contribution in [3.05, 3.63) is 129 Å². The molecule has 0 spiro atoms. The second-order valence-electron chi connectivity index (χ2n) is 14.2. The Morgan fingerprint density at radius 1 is 0.796 bits per heavy atom. The zero-order chi connectivity index (χ0) is 38.1. The maximum atomic E-state index is 15.4. The molecule has 6 atom stereocenters. The van der Waals surface area contributed by atoms with Crippen molar-refractivity contribution in [1.82, 2.24) is 0 Å². The number of carbonyl (C=O) groups excluding carboxylic acids is 4. The molecule has 54 heavy (non-hydrogen) atoms. The summed E-state index contributed by atoms with van der Waals surface area (Å²) in [6.45, 7) is 1.85. The Morgan fingerprint density at radius 2 is 1.50 bits per heavy atom. The number of fused-ring (bicyclic) bond motifs is 4. The Kier molecular flexibility index (Phi) is 8.90. The number of amides is 4. The summed E-state index contributed by atoms with van der Waals surface area (Å²) in [5.74, 6) is -4.85. The lowest BCUT2D eigenvalue weighted by atomic mass is 9.50. The van der Waals surface area contributed by atoms with Gasteiger partial charge in [0.1, 0.15) is 0 Å². The van der Waals surface area contributed by atoms with Crippen molar-refractivity contribution in [1.29, 1.82) is 0 Å². The molecule has 2 saturated heterocycles. The molecule has 3 fully saturated rings. The maximum absolute atomic E-state index is 15.4. The molecule has 6 unspecified atom stereocenters. The number of halogens is 2. The van der Waals surface area contributed by atoms with Crippen molar-refractivity contribution in [2.45, 2.75) is 25.2 Å². The molecule has 0 aromatic heterocycles. The highest BCUT2D eigenvalue weighted by atomic mass is 35.5. The van der Waals surface area contributed by atoms with E-state index in [2.05, 4.69) is 0 Å². The second kappa shape index (κ2) is 13.5. The quantitative estimate of drug-likeness (QED) is 0.150. The smallest absolute Gasteiger partial charge is 0.246 e. The summed E-state index contributed by atoms with van der Waals surface area (Å²) in [5.41, 5.74) is 2.21. The number of benzene rings is 4. The van der Waals surface area contributed by atoms with E-state index < -0.39 is 46.8 Å². The van der Waals surface area contributed by atoms with E-state index in [9.17, 15) is 19.5 Å². The van der Waals surface area contributed by atoms with Crippen LogP contribution in [0.5, 0.6) is 17.2 Å². The summed E-state index contributed by atoms with van der Waals surface area (Å²) in [6.07, 6.45) is 6.15. The number of nitrogens with zero attached hydrogens (tertiary/aromatic N) is 2. The molecule has 11 heteroatoms. The van der Waals surface area contributed by atoms with Gasteiger partial charge >= 0.3 is 0 Å². The molecule has 4 aliphatic rings. The number of anilines is 2. The number of aryl methyl sites for hydroxylation is 1. The van der Waals surface area contributed by atoms with Gasteiger partial charge in [-0.1, -0.05) is 89.5 Å². The lowest BCUT2D eigenvalue weighted by molar-refractivity contribution is -0.128. The van der Waals surface area contributed by atoms with Gasteiger partial charge in [0.05, 0.1) is 48.8 Å². The number of hydrogen-bond donors (Lipinski definition) is 1. The second-order valence-corrected chi connectivity index (χ2v) is 15.1. The van der Waals surface area contributed by atoms with E-state index >= 15 is 4.79 Å². The van der Waals surface area contributed by atoms with E-state index in [1.807, 2.05) is 55.5 Å². The number of phenols is 1. The molecule has 2 aliphatic carbocycles. The van der Waals surface area contributed by atoms with E-state index in [0.717, 1.165) is 11.1 Å². The van der Waals surface area contributed by atoms with Crippen molar-refractivity contribution >= 4 is 64.3 Å². The minimum atomic E-state index is -1.42. The van der Waals surface area contributed by atoms with Gasteiger partial charge in [0.15, 0.2) is 11.5 Å². The number of methoxy groups -OCH3 is 2. The molecule has 0 bridgehead atoms. The Morgan fingerprint density at radius 3 is 2.17 bits per heavy atom. The third-order valence-electron chi connectivity index (χ3n) is 11.6. The molecule has 1 N–H and O–H groups in total. The van der Waals surface area contributed by atoms with Crippen LogP contribution in [0.25, 0.3) is 6.08 Å². The Hall–Kier alpha value is -5.38. The van der Waals surface area contributed by atoms with E-state index in [0.29, 0.717) is 32.5 Å². The number of phenolic OH excluding ortho intramolecular Hbond substituents is 1. The molecule has 2 aliphatic heterocycles. The predicted octanol–water partition coefficient (Wildman–Crippen LogP) is 7.94. The first-order chi connectivity index (χ1) is 26.0. The number of aromatic hydroxyl groups is 1. The van der Waals surface area contributed by atoms with Crippen LogP contribution in [0, 0.1) is 36.5 Å². The maximum Gasteiger partial charge on any atom is 0.246 e. The minimum Gasteiger partial charge on any atom is -0.502 e. The summed E-state index contributed by atoms with van der Waals surface area (Å²) < 4.78 is 10.8. The number of carbonyl (C=O) groups is 4. The normalized spacial score (nSPS) is 26.2. The molecule has 1 saturated carbocycles. The van der Waals surface area contributed by atoms with Crippen molar-refractivity contribution < 1.29 is 33.8 Å². The molecule has 4 aromatic carbocycles. The SMILES string of the molecule is COc1cc(C=CC2C3=CCC4C(=O)N(c5ccc(C)c(Cl)c5)C(=O)C4C3CC3C(=O)N(c4cccc(Cl)c4)C(=O)C23c2ccccc2)cc(OC)c1O. The Labute approximate surface area is 322 Å². The number of allylic oxidation sites excluding steroid dienone is 3. The zero-order valence-electron chi connectivity index (χ0n) is 29.7. The van der Waals surface area contributed by atoms with E-state index in [4.69, 9.17) is 32.7 Å². The fourth-order valence-corrected chi connectivity index (χ4v) is 9.54. The topological polar surface area (TPSA) is 113 Å². The van der Waals surface area contributed by atoms with Crippen LogP contribution in [-0.2, 0) is 24.6 Å². The zero-order valence-corrected chi connectivity index (χ0v) is 31.2. The third kappa shape index (κ3) is 5.28. The predicted molar refractivity (Wildman–Crippen MR) is 206 cm³/mol. The molecule has 8 rings (SSSR count). The van der Waals surface area contributed by atoms with Crippen LogP contribution >= 0.6 is 23.2 Å². The lowest BCUT2D eigenvalue weighted by Gasteiger charge is -2.49. The largest absolute Gasteiger partial charge is 0.502 e. The highest BCUT2D eigenvalue weighted by molar-refractivity contribution is 6.33. The van der Waals surface area contributed by atoms with E-state index in [-0.39, 0.29) is 41.9 Å². The monoisotopic (exact) mass is 762 g/mol. The molecular weight excluding hydrogens is 727 g/mol. The summed E-state index contributed by atoms with van der Waals surface area (Å²) in [6, 6.07) is 24.4. The van der Waals surface area contributed by atoms with Gasteiger partial charge < -0.3 is 14.6 Å². The summed E-state index contributed by atoms with van der Waals surface area (Å²) in [7, 11) is 2.87. The molecule has 4 amide bonds. The molecule has 274 valence electrons. The van der Waals surface area contributed by atoms with Crippen LogP contribution in [0.4, 0.5) is 11.4 Å². The number of ether oxygens (including phenoxy) is 2. The van der Waals surface area contributed by atoms with Crippen LogP contribution in [0.2, 0.25) is 10.0 Å². The fraction of sp³-hybridized carbons (Fsp3) is 0.256. The van der Waals surface area contributed by atoms with Gasteiger partial charge in [-0.05, 0) is 84.8 Å². The standard InChI is InChI=1S/C43H36Cl2N2O7/c1-23-12-14-28(21-34(23)45)46-39(49)30-16-15-29-31(37(30)41(46)51)22-33-40(50)47(27-11-7-10-26(44)20-27)42(52)43(33,25-8-5-4-6-9-25)32(29)17-13-24-18-35(53-2)38(48)36(19-24)54-3/h4-15,17-21,30-33,37,48H,16,22H2,1-3H3. The molecule has 4 aromatic rings. The van der Waals surface area contributed by atoms with Gasteiger partial charge in [-0.25, -0.2) is 9.80 Å². The van der Waals surface area contributed by atoms with Crippen molar-refractivity contribution in [2.24, 2.45) is 29.6 Å². The molecule has 0 radical (unpaired) electrons. The van der Waals surface area contributed by atoms with Gasteiger partial charge in [0, 0.05) is 16.0 Å². The first kappa shape index (κ1) is 35.6. The molecular formula is C43H36Cl2N2O7. The molecule has 9 nitrogen and oxygen atoms in total. The van der Waals surface area contributed by atoms with E-state index in [1.54, 1.807) is 54.6 Å². The number of imide groups is 2. The van der Waals surface area contributed by atoms with Gasteiger partial charge in [-0.15, -0.1) is 0 Å². The third-order valence-corrected chi connectivity index (χ3v) is 12.3. The fourth-order valence-electron chi connectivity index (χ4n) is 9.18. The first-order valence-corrected chi connectivity index (χ1v) is 18.4. The Bertz CT molecular complexity index is 2280. The van der Waals surface area contributed by atoms with Gasteiger partial charge in [0.25, 0.3) is 0 Å². The average Bonchev–Trinajstić information content (AvgIpc) is 3.56. The summed E-state index contributed by atoms with van der Waals surface area (Å²) in [4.78, 5) is 61.4. The van der Waals surface area contributed by atoms with Crippen LogP contribution in [0.3, 0.4) is 0 Å². The van der Waals surface area contributed by atoms with Gasteiger partial charge in [-0.3, -0.25) is 19.2 Å². The van der Waals surface area contributed by atoms with Crippen LogP contribution < -0.4 is 19.3 Å². The van der Waals surface area contributed by atoms with Crippen LogP contribution in [-0.4, -0.2) is 43.0 Å².